The van der Waals surface area contributed by atoms with Crippen molar-refractivity contribution in [3.8, 4) is 0 Å². The van der Waals surface area contributed by atoms with Gasteiger partial charge in [-0.15, -0.1) is 0 Å². The van der Waals surface area contributed by atoms with E-state index < -0.39 is 11.8 Å². The van der Waals surface area contributed by atoms with Gasteiger partial charge in [-0.25, -0.2) is 9.18 Å². The first-order valence-electron chi connectivity index (χ1n) is 6.98. The second-order valence-electron chi connectivity index (χ2n) is 5.13. The van der Waals surface area contributed by atoms with Crippen LogP contribution in [0.2, 0.25) is 0 Å². The Bertz CT molecular complexity index is 528. The van der Waals surface area contributed by atoms with Crippen LogP contribution in [-0.4, -0.2) is 32.1 Å². The average Bonchev–Trinajstić information content (AvgIpc) is 3.00. The number of amides is 1. The largest absolute Gasteiger partial charge is 0.465 e. The number of methoxy groups -OCH3 is 1. The second kappa shape index (κ2) is 7.17. The summed E-state index contributed by atoms with van der Waals surface area (Å²) in [6.07, 6.45) is 2.19. The molecule has 1 heterocycles. The van der Waals surface area contributed by atoms with E-state index in [2.05, 4.69) is 15.4 Å². The maximum Gasteiger partial charge on any atom is 0.337 e. The SMILES string of the molecule is COC(=O)c1ccc(F)c(NC(=O)CCC2CCNC2)c1. The number of esters is 1. The van der Waals surface area contributed by atoms with Crippen molar-refractivity contribution in [2.24, 2.45) is 5.92 Å². The highest BCUT2D eigenvalue weighted by Gasteiger charge is 2.17. The zero-order valence-corrected chi connectivity index (χ0v) is 11.9. The zero-order chi connectivity index (χ0) is 15.2. The number of hydrogen-bond acceptors (Lipinski definition) is 4. The zero-order valence-electron chi connectivity index (χ0n) is 11.9. The first-order valence-corrected chi connectivity index (χ1v) is 6.98. The van der Waals surface area contributed by atoms with Gasteiger partial charge in [0, 0.05) is 6.42 Å². The number of carbonyl (C=O) groups excluding carboxylic acids is 2. The van der Waals surface area contributed by atoms with Crippen LogP contribution in [-0.2, 0) is 9.53 Å². The van der Waals surface area contributed by atoms with Gasteiger partial charge in [0.05, 0.1) is 18.4 Å². The highest BCUT2D eigenvalue weighted by molar-refractivity contribution is 5.94. The molecule has 1 aromatic carbocycles. The van der Waals surface area contributed by atoms with Gasteiger partial charge in [0.15, 0.2) is 0 Å². The number of anilines is 1. The van der Waals surface area contributed by atoms with Gasteiger partial charge in [0.2, 0.25) is 5.91 Å². The lowest BCUT2D eigenvalue weighted by Crippen LogP contribution is -2.16. The monoisotopic (exact) mass is 294 g/mol. The molecule has 1 amide bonds. The first kappa shape index (κ1) is 15.4. The van der Waals surface area contributed by atoms with Crippen LogP contribution in [0.3, 0.4) is 0 Å². The van der Waals surface area contributed by atoms with E-state index in [1.54, 1.807) is 0 Å². The Morgan fingerprint density at radius 3 is 2.95 bits per heavy atom. The van der Waals surface area contributed by atoms with E-state index in [9.17, 15) is 14.0 Å². The van der Waals surface area contributed by atoms with Crippen LogP contribution in [0, 0.1) is 11.7 Å². The Hall–Kier alpha value is -1.95. The summed E-state index contributed by atoms with van der Waals surface area (Å²) in [6, 6.07) is 3.75. The molecule has 2 rings (SSSR count). The quantitative estimate of drug-likeness (QED) is 0.814. The number of rotatable bonds is 5. The highest BCUT2D eigenvalue weighted by Crippen LogP contribution is 2.19. The summed E-state index contributed by atoms with van der Waals surface area (Å²) in [6.45, 7) is 1.92. The van der Waals surface area contributed by atoms with E-state index in [0.29, 0.717) is 12.3 Å². The van der Waals surface area contributed by atoms with Gasteiger partial charge < -0.3 is 15.4 Å². The minimum absolute atomic E-state index is 0.00690. The summed E-state index contributed by atoms with van der Waals surface area (Å²) in [5, 5.41) is 5.75. The Labute approximate surface area is 122 Å². The molecule has 2 N–H and O–H groups in total. The molecule has 1 aliphatic rings. The molecule has 1 aliphatic heterocycles. The molecular formula is C15H19FN2O3. The number of hydrogen-bond donors (Lipinski definition) is 2. The third-order valence-corrected chi connectivity index (χ3v) is 3.60. The third kappa shape index (κ3) is 4.26. The van der Waals surface area contributed by atoms with E-state index in [1.807, 2.05) is 0 Å². The van der Waals surface area contributed by atoms with Crippen molar-refractivity contribution in [2.45, 2.75) is 19.3 Å². The summed E-state index contributed by atoms with van der Waals surface area (Å²) in [5.41, 5.74) is 0.210. The first-order chi connectivity index (χ1) is 10.1. The topological polar surface area (TPSA) is 67.4 Å². The minimum atomic E-state index is -0.571. The molecule has 1 unspecified atom stereocenters. The Morgan fingerprint density at radius 1 is 1.48 bits per heavy atom. The number of halogens is 1. The lowest BCUT2D eigenvalue weighted by Gasteiger charge is -2.10. The molecule has 1 fully saturated rings. The molecule has 1 aromatic rings. The van der Waals surface area contributed by atoms with Gasteiger partial charge in [-0.2, -0.15) is 0 Å². The predicted molar refractivity (Wildman–Crippen MR) is 76.6 cm³/mol. The number of carbonyl (C=O) groups is 2. The molecule has 1 atom stereocenters. The molecule has 0 saturated carbocycles. The van der Waals surface area contributed by atoms with Crippen molar-refractivity contribution in [1.29, 1.82) is 0 Å². The van der Waals surface area contributed by atoms with Crippen molar-refractivity contribution in [2.75, 3.05) is 25.5 Å². The molecule has 21 heavy (non-hydrogen) atoms. The molecule has 0 radical (unpaired) electrons. The van der Waals surface area contributed by atoms with E-state index in [-0.39, 0.29) is 17.2 Å². The lowest BCUT2D eigenvalue weighted by molar-refractivity contribution is -0.116. The van der Waals surface area contributed by atoms with Crippen LogP contribution in [0.15, 0.2) is 18.2 Å². The number of benzene rings is 1. The van der Waals surface area contributed by atoms with Crippen molar-refractivity contribution in [3.63, 3.8) is 0 Å². The van der Waals surface area contributed by atoms with Gasteiger partial charge in [-0.05, 0) is 50.0 Å². The van der Waals surface area contributed by atoms with E-state index in [0.717, 1.165) is 32.0 Å². The second-order valence-corrected chi connectivity index (χ2v) is 5.13. The van der Waals surface area contributed by atoms with Crippen molar-refractivity contribution in [3.05, 3.63) is 29.6 Å². The number of nitrogens with one attached hydrogen (secondary N) is 2. The fraction of sp³-hybridized carbons (Fsp3) is 0.467. The van der Waals surface area contributed by atoms with Crippen LogP contribution in [0.5, 0.6) is 0 Å². The van der Waals surface area contributed by atoms with Gasteiger partial charge in [-0.1, -0.05) is 0 Å². The molecule has 0 bridgehead atoms. The molecular weight excluding hydrogens is 275 g/mol. The normalized spacial score (nSPS) is 17.5. The highest BCUT2D eigenvalue weighted by atomic mass is 19.1. The fourth-order valence-corrected chi connectivity index (χ4v) is 2.37. The van der Waals surface area contributed by atoms with Crippen LogP contribution in [0.4, 0.5) is 10.1 Å². The van der Waals surface area contributed by atoms with Gasteiger partial charge in [0.1, 0.15) is 5.82 Å². The summed E-state index contributed by atoms with van der Waals surface area (Å²) in [5.74, 6) is -0.883. The van der Waals surface area contributed by atoms with E-state index in [1.165, 1.54) is 19.2 Å². The van der Waals surface area contributed by atoms with Gasteiger partial charge in [0.25, 0.3) is 0 Å². The van der Waals surface area contributed by atoms with Crippen LogP contribution < -0.4 is 10.6 Å². The summed E-state index contributed by atoms with van der Waals surface area (Å²) >= 11 is 0. The molecule has 0 aliphatic carbocycles. The maximum absolute atomic E-state index is 13.7. The number of ether oxygens (including phenoxy) is 1. The maximum atomic E-state index is 13.7. The van der Waals surface area contributed by atoms with Gasteiger partial charge >= 0.3 is 5.97 Å². The summed E-state index contributed by atoms with van der Waals surface area (Å²) in [7, 11) is 1.25. The molecule has 6 heteroatoms. The van der Waals surface area contributed by atoms with Crippen LogP contribution in [0.1, 0.15) is 29.6 Å². The standard InChI is InChI=1S/C15H19FN2O3/c1-21-15(20)11-3-4-12(16)13(8-11)18-14(19)5-2-10-6-7-17-9-10/h3-4,8,10,17H,2,5-7,9H2,1H3,(H,18,19). The van der Waals surface area contributed by atoms with E-state index in [4.69, 9.17) is 0 Å². The molecule has 114 valence electrons. The average molecular weight is 294 g/mol. The molecule has 0 aromatic heterocycles. The Morgan fingerprint density at radius 2 is 2.29 bits per heavy atom. The lowest BCUT2D eigenvalue weighted by atomic mass is 10.0. The molecule has 5 nitrogen and oxygen atoms in total. The predicted octanol–water partition coefficient (Wildman–Crippen LogP) is 1.94. The Kier molecular flexibility index (Phi) is 5.27. The molecule has 0 spiro atoms. The van der Waals surface area contributed by atoms with Crippen molar-refractivity contribution < 1.29 is 18.7 Å². The van der Waals surface area contributed by atoms with Crippen LogP contribution >= 0.6 is 0 Å². The summed E-state index contributed by atoms with van der Waals surface area (Å²) in [4.78, 5) is 23.3. The smallest absolute Gasteiger partial charge is 0.337 e. The van der Waals surface area contributed by atoms with Crippen LogP contribution in [0.25, 0.3) is 0 Å². The minimum Gasteiger partial charge on any atom is -0.465 e. The van der Waals surface area contributed by atoms with Gasteiger partial charge in [-0.3, -0.25) is 4.79 Å². The fourth-order valence-electron chi connectivity index (χ4n) is 2.37. The van der Waals surface area contributed by atoms with Crippen molar-refractivity contribution >= 4 is 17.6 Å². The third-order valence-electron chi connectivity index (χ3n) is 3.60. The van der Waals surface area contributed by atoms with E-state index >= 15 is 0 Å². The van der Waals surface area contributed by atoms with Crippen molar-refractivity contribution in [1.82, 2.24) is 5.32 Å². The summed E-state index contributed by atoms with van der Waals surface area (Å²) < 4.78 is 18.2. The molecule has 1 saturated heterocycles. The Balaban J connectivity index is 1.94.